The molecule has 0 spiro atoms. The van der Waals surface area contributed by atoms with Crippen molar-refractivity contribution in [2.24, 2.45) is 0 Å². The van der Waals surface area contributed by atoms with Crippen LogP contribution in [-0.2, 0) is 5.75 Å². The van der Waals surface area contributed by atoms with Crippen LogP contribution in [0.25, 0.3) is 16.6 Å². The van der Waals surface area contributed by atoms with Crippen LogP contribution in [0.15, 0.2) is 82.7 Å². The molecular formula is C24H23N3O2S. The first kappa shape index (κ1) is 20.0. The molecule has 1 heterocycles. The Morgan fingerprint density at radius 2 is 1.77 bits per heavy atom. The van der Waals surface area contributed by atoms with Crippen LogP contribution in [0.2, 0.25) is 0 Å². The van der Waals surface area contributed by atoms with Crippen LogP contribution in [0.5, 0.6) is 5.75 Å². The lowest BCUT2D eigenvalue weighted by Crippen LogP contribution is -2.22. The normalized spacial score (nSPS) is 10.9. The van der Waals surface area contributed by atoms with Gasteiger partial charge in [-0.2, -0.15) is 0 Å². The van der Waals surface area contributed by atoms with Crippen molar-refractivity contribution in [2.75, 3.05) is 26.1 Å². The van der Waals surface area contributed by atoms with E-state index in [0.29, 0.717) is 21.8 Å². The van der Waals surface area contributed by atoms with Gasteiger partial charge in [-0.1, -0.05) is 36.0 Å². The number of rotatable bonds is 6. The summed E-state index contributed by atoms with van der Waals surface area (Å²) in [6.07, 6.45) is 0. The highest BCUT2D eigenvalue weighted by molar-refractivity contribution is 7.98. The van der Waals surface area contributed by atoms with Gasteiger partial charge in [0.25, 0.3) is 5.56 Å². The molecule has 0 fully saturated rings. The summed E-state index contributed by atoms with van der Waals surface area (Å²) in [5.41, 5.74) is 3.63. The molecule has 0 radical (unpaired) electrons. The highest BCUT2D eigenvalue weighted by Gasteiger charge is 2.14. The molecular weight excluding hydrogens is 394 g/mol. The van der Waals surface area contributed by atoms with Crippen molar-refractivity contribution in [1.29, 1.82) is 0 Å². The molecule has 5 nitrogen and oxygen atoms in total. The zero-order valence-corrected chi connectivity index (χ0v) is 18.0. The van der Waals surface area contributed by atoms with Crippen molar-refractivity contribution >= 4 is 28.4 Å². The molecule has 0 amide bonds. The number of thioether (sulfide) groups is 1. The highest BCUT2D eigenvalue weighted by atomic mass is 32.2. The molecule has 6 heteroatoms. The third-order valence-corrected chi connectivity index (χ3v) is 5.88. The maximum absolute atomic E-state index is 13.4. The van der Waals surface area contributed by atoms with Gasteiger partial charge in [0, 0.05) is 25.5 Å². The van der Waals surface area contributed by atoms with Crippen LogP contribution in [0.4, 0.5) is 5.69 Å². The number of anilines is 1. The van der Waals surface area contributed by atoms with Crippen molar-refractivity contribution in [1.82, 2.24) is 9.55 Å². The Balaban J connectivity index is 1.78. The second-order valence-electron chi connectivity index (χ2n) is 7.10. The van der Waals surface area contributed by atoms with Crippen LogP contribution in [0.3, 0.4) is 0 Å². The Kier molecular flexibility index (Phi) is 5.77. The SMILES string of the molecule is COc1cccc(CSc2nc3ccccc3c(=O)n2-c2ccc(N(C)C)cc2)c1. The number of para-hydroxylation sites is 1. The van der Waals surface area contributed by atoms with Gasteiger partial charge >= 0.3 is 0 Å². The number of hydrogen-bond donors (Lipinski definition) is 0. The van der Waals surface area contributed by atoms with E-state index in [0.717, 1.165) is 22.7 Å². The zero-order chi connectivity index (χ0) is 21.1. The van der Waals surface area contributed by atoms with Gasteiger partial charge in [0.1, 0.15) is 5.75 Å². The van der Waals surface area contributed by atoms with E-state index in [-0.39, 0.29) is 5.56 Å². The minimum absolute atomic E-state index is 0.0636. The van der Waals surface area contributed by atoms with Gasteiger partial charge in [-0.15, -0.1) is 0 Å². The minimum Gasteiger partial charge on any atom is -0.497 e. The molecule has 0 aliphatic carbocycles. The molecule has 1 aromatic heterocycles. The van der Waals surface area contributed by atoms with Gasteiger partial charge in [0.05, 0.1) is 23.7 Å². The summed E-state index contributed by atoms with van der Waals surface area (Å²) in [6.45, 7) is 0. The van der Waals surface area contributed by atoms with Crippen molar-refractivity contribution in [2.45, 2.75) is 10.9 Å². The summed E-state index contributed by atoms with van der Waals surface area (Å²) >= 11 is 1.54. The molecule has 0 aliphatic rings. The number of methoxy groups -OCH3 is 1. The van der Waals surface area contributed by atoms with Crippen molar-refractivity contribution in [3.63, 3.8) is 0 Å². The molecule has 0 saturated carbocycles. The van der Waals surface area contributed by atoms with Crippen molar-refractivity contribution < 1.29 is 4.74 Å². The molecule has 30 heavy (non-hydrogen) atoms. The summed E-state index contributed by atoms with van der Waals surface area (Å²) < 4.78 is 7.02. The molecule has 0 aliphatic heterocycles. The monoisotopic (exact) mass is 417 g/mol. The number of ether oxygens (including phenoxy) is 1. The first-order valence-electron chi connectivity index (χ1n) is 9.62. The predicted octanol–water partition coefficient (Wildman–Crippen LogP) is 4.75. The van der Waals surface area contributed by atoms with Crippen LogP contribution in [0.1, 0.15) is 5.56 Å². The molecule has 4 aromatic rings. The molecule has 3 aromatic carbocycles. The summed E-state index contributed by atoms with van der Waals surface area (Å²) in [7, 11) is 5.65. The summed E-state index contributed by atoms with van der Waals surface area (Å²) in [4.78, 5) is 20.2. The highest BCUT2D eigenvalue weighted by Crippen LogP contribution is 2.26. The number of fused-ring (bicyclic) bond motifs is 1. The van der Waals surface area contributed by atoms with E-state index in [9.17, 15) is 4.79 Å². The first-order chi connectivity index (χ1) is 14.6. The fourth-order valence-electron chi connectivity index (χ4n) is 3.25. The molecule has 0 unspecified atom stereocenters. The number of benzene rings is 3. The van der Waals surface area contributed by atoms with Crippen LogP contribution in [-0.4, -0.2) is 30.8 Å². The van der Waals surface area contributed by atoms with Gasteiger partial charge in [-0.3, -0.25) is 9.36 Å². The van der Waals surface area contributed by atoms with E-state index in [4.69, 9.17) is 9.72 Å². The summed E-state index contributed by atoms with van der Waals surface area (Å²) in [5, 5.41) is 1.28. The lowest BCUT2D eigenvalue weighted by atomic mass is 10.2. The second-order valence-corrected chi connectivity index (χ2v) is 8.05. The topological polar surface area (TPSA) is 47.4 Å². The van der Waals surface area contributed by atoms with E-state index in [1.54, 1.807) is 11.7 Å². The lowest BCUT2D eigenvalue weighted by Gasteiger charge is -2.16. The van der Waals surface area contributed by atoms with Crippen molar-refractivity contribution in [3.8, 4) is 11.4 Å². The van der Waals surface area contributed by atoms with E-state index < -0.39 is 0 Å². The van der Waals surface area contributed by atoms with Crippen LogP contribution >= 0.6 is 11.8 Å². The zero-order valence-electron chi connectivity index (χ0n) is 17.2. The molecule has 0 N–H and O–H groups in total. The Morgan fingerprint density at radius 1 is 1.00 bits per heavy atom. The number of nitrogens with zero attached hydrogens (tertiary/aromatic N) is 3. The first-order valence-corrected chi connectivity index (χ1v) is 10.6. The molecule has 0 saturated heterocycles. The summed E-state index contributed by atoms with van der Waals surface area (Å²) in [6, 6.07) is 23.4. The van der Waals surface area contributed by atoms with Gasteiger partial charge in [-0.25, -0.2) is 4.98 Å². The number of hydrogen-bond acceptors (Lipinski definition) is 5. The molecule has 152 valence electrons. The van der Waals surface area contributed by atoms with E-state index in [1.807, 2.05) is 91.8 Å². The van der Waals surface area contributed by atoms with Crippen LogP contribution < -0.4 is 15.2 Å². The third kappa shape index (κ3) is 4.04. The smallest absolute Gasteiger partial charge is 0.266 e. The third-order valence-electron chi connectivity index (χ3n) is 4.87. The molecule has 0 bridgehead atoms. The van der Waals surface area contributed by atoms with Crippen LogP contribution in [0, 0.1) is 0 Å². The van der Waals surface area contributed by atoms with E-state index in [1.165, 1.54) is 11.8 Å². The largest absolute Gasteiger partial charge is 0.497 e. The predicted molar refractivity (Wildman–Crippen MR) is 124 cm³/mol. The Labute approximate surface area is 179 Å². The molecule has 0 atom stereocenters. The van der Waals surface area contributed by atoms with Gasteiger partial charge in [0.15, 0.2) is 5.16 Å². The van der Waals surface area contributed by atoms with Gasteiger partial charge < -0.3 is 9.64 Å². The fraction of sp³-hybridized carbons (Fsp3) is 0.167. The Bertz CT molecular complexity index is 1230. The quantitative estimate of drug-likeness (QED) is 0.335. The minimum atomic E-state index is -0.0636. The average Bonchev–Trinajstić information content (AvgIpc) is 2.78. The van der Waals surface area contributed by atoms with E-state index in [2.05, 4.69) is 0 Å². The maximum Gasteiger partial charge on any atom is 0.266 e. The molecule has 4 rings (SSSR count). The average molecular weight is 418 g/mol. The summed E-state index contributed by atoms with van der Waals surface area (Å²) in [5.74, 6) is 1.49. The van der Waals surface area contributed by atoms with Gasteiger partial charge in [0.2, 0.25) is 0 Å². The lowest BCUT2D eigenvalue weighted by molar-refractivity contribution is 0.414. The standard InChI is InChI=1S/C24H23N3O2S/c1-26(2)18-11-13-19(14-12-18)27-23(28)21-9-4-5-10-22(21)25-24(27)30-16-17-7-6-8-20(15-17)29-3/h4-15H,16H2,1-3H3. The van der Waals surface area contributed by atoms with E-state index >= 15 is 0 Å². The van der Waals surface area contributed by atoms with Gasteiger partial charge in [-0.05, 0) is 54.1 Å². The van der Waals surface area contributed by atoms with Crippen molar-refractivity contribution in [3.05, 3.63) is 88.7 Å². The second kappa shape index (κ2) is 8.63. The Morgan fingerprint density at radius 3 is 2.50 bits per heavy atom. The maximum atomic E-state index is 13.4. The Hall–Kier alpha value is -3.25. The fourth-order valence-corrected chi connectivity index (χ4v) is 4.20. The number of aromatic nitrogens is 2.